The van der Waals surface area contributed by atoms with E-state index in [0.717, 1.165) is 34.8 Å². The van der Waals surface area contributed by atoms with Crippen LogP contribution in [0.3, 0.4) is 0 Å². The monoisotopic (exact) mass is 380 g/mol. The Labute approximate surface area is 120 Å². The molecule has 2 N–H and O–H groups in total. The van der Waals surface area contributed by atoms with Gasteiger partial charge in [0.05, 0.1) is 0 Å². The van der Waals surface area contributed by atoms with Crippen molar-refractivity contribution in [3.8, 4) is 0 Å². The van der Waals surface area contributed by atoms with Gasteiger partial charge in [0.2, 0.25) is 0 Å². The van der Waals surface area contributed by atoms with Gasteiger partial charge in [0.15, 0.2) is 5.11 Å². The van der Waals surface area contributed by atoms with E-state index in [1.54, 1.807) is 11.8 Å². The van der Waals surface area contributed by atoms with E-state index >= 15 is 0 Å². The predicted molar refractivity (Wildman–Crippen MR) is 77.5 cm³/mol. The number of thiocarbonyl (C=S) groups is 2. The minimum atomic E-state index is 0.787. The van der Waals surface area contributed by atoms with Crippen molar-refractivity contribution in [3.05, 3.63) is 0 Å². The number of thioether (sulfide) groups is 1. The van der Waals surface area contributed by atoms with Crippen molar-refractivity contribution in [1.29, 1.82) is 0 Å². The third kappa shape index (κ3) is 8.52. The van der Waals surface area contributed by atoms with Crippen LogP contribution in [0.2, 0.25) is 0 Å². The summed E-state index contributed by atoms with van der Waals surface area (Å²) in [5.74, 6) is 1.07. The van der Waals surface area contributed by atoms with Crippen molar-refractivity contribution in [1.82, 2.24) is 13.8 Å². The molecule has 15 heavy (non-hydrogen) atoms. The molecule has 0 spiro atoms. The number of hydrogen-bond donors (Lipinski definition) is 2. The van der Waals surface area contributed by atoms with Crippen LogP contribution in [0, 0.1) is 0 Å². The summed E-state index contributed by atoms with van der Waals surface area (Å²) in [5, 5.41) is 6.67. The quantitative estimate of drug-likeness (QED) is 0.548. The molecule has 1 rings (SSSR count). The van der Waals surface area contributed by atoms with Crippen molar-refractivity contribution in [2.45, 2.75) is 13.8 Å². The second-order valence-corrected chi connectivity index (χ2v) is 6.14. The molecule has 1 heterocycles. The van der Waals surface area contributed by atoms with Crippen LogP contribution in [-0.4, -0.2) is 60.5 Å². The molecular formula is C8H16N3S3Te. The van der Waals surface area contributed by atoms with Gasteiger partial charge in [-0.15, -0.1) is 0 Å². The molecule has 1 fully saturated rings. The zero-order valence-electron chi connectivity index (χ0n) is 8.91. The molecule has 1 aliphatic rings. The molecule has 0 aromatic rings. The first-order valence-electron chi connectivity index (χ1n) is 4.74. The van der Waals surface area contributed by atoms with Crippen LogP contribution in [0.1, 0.15) is 13.8 Å². The molecule has 7 heteroatoms. The molecule has 0 aromatic heterocycles. The minimum Gasteiger partial charge on any atom is -0.361 e. The molecule has 0 amide bonds. The van der Waals surface area contributed by atoms with Crippen molar-refractivity contribution in [2.75, 3.05) is 25.4 Å². The molecule has 0 unspecified atom stereocenters. The fraction of sp³-hybridized carbons (Fsp3) is 0.750. The summed E-state index contributed by atoms with van der Waals surface area (Å²) < 4.78 is 3.09. The summed E-state index contributed by atoms with van der Waals surface area (Å²) >= 11 is 13.4. The fourth-order valence-electron chi connectivity index (χ4n) is 0.739. The van der Waals surface area contributed by atoms with Gasteiger partial charge in [-0.05, 0) is 12.2 Å². The van der Waals surface area contributed by atoms with Crippen LogP contribution >= 0.6 is 36.2 Å². The van der Waals surface area contributed by atoms with Crippen LogP contribution in [0.5, 0.6) is 0 Å². The van der Waals surface area contributed by atoms with Gasteiger partial charge < -0.3 is 10.6 Å². The second kappa shape index (κ2) is 9.91. The molecule has 1 saturated heterocycles. The molecule has 0 bridgehead atoms. The van der Waals surface area contributed by atoms with Gasteiger partial charge in [-0.2, -0.15) is 0 Å². The Morgan fingerprint density at radius 3 is 2.27 bits per heavy atom. The number of hydrogen-bond acceptors (Lipinski definition) is 3. The van der Waals surface area contributed by atoms with Crippen LogP contribution in [-0.2, 0) is 0 Å². The van der Waals surface area contributed by atoms with Gasteiger partial charge in [0.1, 0.15) is 0 Å². The van der Waals surface area contributed by atoms with Crippen molar-refractivity contribution >= 4 is 68.2 Å². The molecule has 3 nitrogen and oxygen atoms in total. The SMILES string of the molecule is CCSC(=S)N([Te])CC.S=C1NCCN1. The van der Waals surface area contributed by atoms with E-state index in [4.69, 9.17) is 24.4 Å². The van der Waals surface area contributed by atoms with E-state index < -0.39 is 0 Å². The van der Waals surface area contributed by atoms with E-state index in [1.165, 1.54) is 0 Å². The van der Waals surface area contributed by atoms with Crippen LogP contribution in [0.15, 0.2) is 0 Å². The Morgan fingerprint density at radius 2 is 2.00 bits per heavy atom. The van der Waals surface area contributed by atoms with Gasteiger partial charge in [-0.25, -0.2) is 0 Å². The Kier molecular flexibility index (Phi) is 10.4. The smallest absolute Gasteiger partial charge is 0.166 e. The predicted octanol–water partition coefficient (Wildman–Crippen LogP) is 0.894. The number of nitrogens with zero attached hydrogens (tertiary/aromatic N) is 1. The maximum Gasteiger partial charge on any atom is 0.166 e. The van der Waals surface area contributed by atoms with Gasteiger partial charge in [0, 0.05) is 13.1 Å². The van der Waals surface area contributed by atoms with Crippen LogP contribution in [0.25, 0.3) is 0 Å². The second-order valence-electron chi connectivity index (χ2n) is 2.58. The topological polar surface area (TPSA) is 27.3 Å². The summed E-state index contributed by atoms with van der Waals surface area (Å²) in [6.07, 6.45) is 0. The molecular weight excluding hydrogens is 362 g/mol. The maximum atomic E-state index is 5.07. The summed E-state index contributed by atoms with van der Waals surface area (Å²) in [4.78, 5) is 0. The maximum absolute atomic E-state index is 5.07. The molecule has 0 saturated carbocycles. The van der Waals surface area contributed by atoms with E-state index in [-0.39, 0.29) is 0 Å². The summed E-state index contributed by atoms with van der Waals surface area (Å²) in [6, 6.07) is 0. The molecule has 0 aliphatic carbocycles. The first kappa shape index (κ1) is 15.7. The zero-order chi connectivity index (χ0) is 11.7. The Morgan fingerprint density at radius 1 is 1.47 bits per heavy atom. The van der Waals surface area contributed by atoms with Crippen molar-refractivity contribution in [2.24, 2.45) is 0 Å². The first-order chi connectivity index (χ1) is 7.11. The van der Waals surface area contributed by atoms with E-state index in [0.29, 0.717) is 0 Å². The Hall–Kier alpha value is 0.720. The normalized spacial score (nSPS) is 13.4. The number of nitrogens with one attached hydrogen (secondary N) is 2. The molecule has 1 aliphatic heterocycles. The Balaban J connectivity index is 0.000000280. The molecule has 87 valence electrons. The van der Waals surface area contributed by atoms with Crippen molar-refractivity contribution in [3.63, 3.8) is 0 Å². The minimum absolute atomic E-state index is 0.787. The zero-order valence-corrected chi connectivity index (χ0v) is 13.7. The third-order valence-corrected chi connectivity index (χ3v) is 5.05. The number of rotatable bonds is 2. The largest absolute Gasteiger partial charge is 0.361 e. The molecule has 0 atom stereocenters. The molecule has 1 radical (unpaired) electrons. The van der Waals surface area contributed by atoms with Gasteiger partial charge >= 0.3 is 80.2 Å². The third-order valence-electron chi connectivity index (χ3n) is 1.45. The Bertz CT molecular complexity index is 205. The van der Waals surface area contributed by atoms with Gasteiger partial charge in [-0.1, -0.05) is 0 Å². The van der Waals surface area contributed by atoms with Crippen molar-refractivity contribution < 1.29 is 0 Å². The average Bonchev–Trinajstić information content (AvgIpc) is 2.69. The fourth-order valence-corrected chi connectivity index (χ4v) is 2.40. The van der Waals surface area contributed by atoms with Gasteiger partial charge in [-0.3, -0.25) is 0 Å². The van der Waals surface area contributed by atoms with E-state index in [1.807, 2.05) is 22.6 Å². The van der Waals surface area contributed by atoms with E-state index in [9.17, 15) is 0 Å². The van der Waals surface area contributed by atoms with E-state index in [2.05, 4.69) is 27.6 Å². The van der Waals surface area contributed by atoms with Gasteiger partial charge in [0.25, 0.3) is 0 Å². The standard InChI is InChI=1S/C5H10NS2Te.C3H6N2S/c1-3-6(9)5(7)8-4-2;6-3-4-1-2-5-3/h3-4H2,1-2H3;1-2H2,(H2,4,5,6). The molecule has 0 aromatic carbocycles. The summed E-state index contributed by atoms with van der Waals surface area (Å²) in [6.45, 7) is 7.20. The summed E-state index contributed by atoms with van der Waals surface area (Å²) in [5.41, 5.74) is 0. The average molecular weight is 378 g/mol. The van der Waals surface area contributed by atoms with Crippen LogP contribution < -0.4 is 10.6 Å². The summed E-state index contributed by atoms with van der Waals surface area (Å²) in [7, 11) is 0. The van der Waals surface area contributed by atoms with Crippen LogP contribution in [0.4, 0.5) is 0 Å². The first-order valence-corrected chi connectivity index (χ1v) is 7.59.